The first-order valence-electron chi connectivity index (χ1n) is 10.1. The van der Waals surface area contributed by atoms with Gasteiger partial charge in [0, 0.05) is 5.57 Å². The summed E-state index contributed by atoms with van der Waals surface area (Å²) in [5.41, 5.74) is 5.69. The van der Waals surface area contributed by atoms with Gasteiger partial charge in [-0.2, -0.15) is 0 Å². The second-order valence-corrected chi connectivity index (χ2v) is 7.89. The van der Waals surface area contributed by atoms with Crippen molar-refractivity contribution >= 4 is 34.5 Å². The molecule has 1 atom stereocenters. The van der Waals surface area contributed by atoms with Gasteiger partial charge in [0.2, 0.25) is 0 Å². The summed E-state index contributed by atoms with van der Waals surface area (Å²) in [4.78, 5) is 18.2. The van der Waals surface area contributed by atoms with Gasteiger partial charge in [-0.25, -0.2) is 5.01 Å². The number of hydrazine groups is 1. The Morgan fingerprint density at radius 1 is 1.17 bits per heavy atom. The van der Waals surface area contributed by atoms with Crippen molar-refractivity contribution in [3.05, 3.63) is 96.6 Å². The average Bonchev–Trinajstić information content (AvgIpc) is 3.20. The summed E-state index contributed by atoms with van der Waals surface area (Å²) in [7, 11) is 0. The number of amidine groups is 1. The van der Waals surface area contributed by atoms with E-state index in [4.69, 9.17) is 0 Å². The van der Waals surface area contributed by atoms with Crippen molar-refractivity contribution < 1.29 is 4.79 Å². The Bertz CT molecular complexity index is 935. The summed E-state index contributed by atoms with van der Waals surface area (Å²) in [6.45, 7) is 6.37. The predicted octanol–water partition coefficient (Wildman–Crippen LogP) is 5.53. The van der Waals surface area contributed by atoms with E-state index in [1.165, 1.54) is 11.8 Å². The summed E-state index contributed by atoms with van der Waals surface area (Å²) in [6.07, 6.45) is 9.92. The first-order chi connectivity index (χ1) is 14.7. The van der Waals surface area contributed by atoms with Crippen LogP contribution < -0.4 is 5.43 Å². The van der Waals surface area contributed by atoms with E-state index in [0.717, 1.165) is 29.1 Å². The molecule has 0 radical (unpaired) electrons. The smallest absolute Gasteiger partial charge is 0.272 e. The van der Waals surface area contributed by atoms with Crippen LogP contribution in [0.25, 0.3) is 11.6 Å². The molecule has 1 unspecified atom stereocenters. The molecule has 2 aromatic carbocycles. The van der Waals surface area contributed by atoms with Crippen molar-refractivity contribution in [2.45, 2.75) is 25.1 Å². The van der Waals surface area contributed by atoms with Gasteiger partial charge in [0.05, 0.1) is 6.54 Å². The molecule has 1 saturated heterocycles. The zero-order chi connectivity index (χ0) is 21.2. The largest absolute Gasteiger partial charge is 0.274 e. The van der Waals surface area contributed by atoms with Gasteiger partial charge in [0.15, 0.2) is 5.17 Å². The van der Waals surface area contributed by atoms with Crippen LogP contribution in [0.5, 0.6) is 0 Å². The molecule has 1 N–H and O–H groups in total. The first-order valence-corrected chi connectivity index (χ1v) is 11.0. The lowest BCUT2D eigenvalue weighted by atomic mass is 10.0. The lowest BCUT2D eigenvalue weighted by Gasteiger charge is -2.22. The Balaban J connectivity index is 1.96. The molecule has 0 saturated carbocycles. The fourth-order valence-electron chi connectivity index (χ4n) is 2.98. The summed E-state index contributed by atoms with van der Waals surface area (Å²) in [5, 5.41) is 2.23. The van der Waals surface area contributed by atoms with E-state index in [1.807, 2.05) is 66.7 Å². The summed E-state index contributed by atoms with van der Waals surface area (Å²) < 4.78 is 0. The third-order valence-corrected chi connectivity index (χ3v) is 5.52. The van der Waals surface area contributed by atoms with Crippen molar-refractivity contribution in [3.8, 4) is 0 Å². The van der Waals surface area contributed by atoms with E-state index in [1.54, 1.807) is 11.1 Å². The van der Waals surface area contributed by atoms with Crippen molar-refractivity contribution in [1.82, 2.24) is 10.4 Å². The topological polar surface area (TPSA) is 44.7 Å². The minimum atomic E-state index is -0.157. The number of carbonyl (C=O) groups excluding carboxylic acids is 1. The highest BCUT2D eigenvalue weighted by atomic mass is 32.2. The molecule has 4 nitrogen and oxygen atoms in total. The molecule has 0 aromatic heterocycles. The number of hydrogen-bond donors (Lipinski definition) is 1. The highest BCUT2D eigenvalue weighted by molar-refractivity contribution is 8.14. The molecule has 5 heteroatoms. The summed E-state index contributed by atoms with van der Waals surface area (Å²) in [6, 6.07) is 19.7. The van der Waals surface area contributed by atoms with E-state index in [9.17, 15) is 4.79 Å². The highest BCUT2D eigenvalue weighted by Gasteiger charge is 2.33. The molecule has 1 heterocycles. The summed E-state index contributed by atoms with van der Waals surface area (Å²) >= 11 is 1.54. The van der Waals surface area contributed by atoms with Gasteiger partial charge in [0.25, 0.3) is 5.91 Å². The van der Waals surface area contributed by atoms with Crippen LogP contribution in [-0.2, 0) is 4.79 Å². The molecule has 1 aliphatic rings. The molecule has 3 rings (SSSR count). The van der Waals surface area contributed by atoms with E-state index in [2.05, 4.69) is 36.1 Å². The van der Waals surface area contributed by atoms with Crippen LogP contribution in [0.4, 0.5) is 0 Å². The number of aliphatic imine (C=N–C) groups is 1. The standard InChI is InChI=1S/C25H27N3OS/c1-3-5-8-17-23-28(27-25(30-23)26-18-4-2)24(29)22(21-15-11-7-12-16-21)19-20-13-9-6-10-14-20/h4,6-17,19,23H,2-3,5,18H2,1H3,(H,26,27)/b17-8+,22-19+. The van der Waals surface area contributed by atoms with Crippen LogP contribution in [0.2, 0.25) is 0 Å². The van der Waals surface area contributed by atoms with Crippen LogP contribution in [0.1, 0.15) is 30.9 Å². The van der Waals surface area contributed by atoms with E-state index in [-0.39, 0.29) is 11.3 Å². The van der Waals surface area contributed by atoms with Crippen LogP contribution >= 0.6 is 11.8 Å². The quantitative estimate of drug-likeness (QED) is 0.349. The number of benzene rings is 2. The first kappa shape index (κ1) is 21.7. The zero-order valence-electron chi connectivity index (χ0n) is 17.2. The van der Waals surface area contributed by atoms with Gasteiger partial charge in [-0.05, 0) is 23.6 Å². The predicted molar refractivity (Wildman–Crippen MR) is 129 cm³/mol. The van der Waals surface area contributed by atoms with Crippen molar-refractivity contribution in [1.29, 1.82) is 0 Å². The Labute approximate surface area is 183 Å². The molecular formula is C25H27N3OS. The van der Waals surface area contributed by atoms with E-state index in [0.29, 0.717) is 12.1 Å². The fourth-order valence-corrected chi connectivity index (χ4v) is 3.96. The molecular weight excluding hydrogens is 390 g/mol. The number of nitrogens with zero attached hydrogens (tertiary/aromatic N) is 2. The number of unbranched alkanes of at least 4 members (excludes halogenated alkanes) is 1. The molecule has 0 bridgehead atoms. The molecule has 0 aliphatic carbocycles. The zero-order valence-corrected chi connectivity index (χ0v) is 18.0. The van der Waals surface area contributed by atoms with Crippen molar-refractivity contribution in [3.63, 3.8) is 0 Å². The maximum absolute atomic E-state index is 13.7. The molecule has 0 spiro atoms. The van der Waals surface area contributed by atoms with Gasteiger partial charge >= 0.3 is 0 Å². The second-order valence-electron chi connectivity index (χ2n) is 6.78. The Kier molecular flexibility index (Phi) is 8.10. The van der Waals surface area contributed by atoms with Crippen molar-refractivity contribution in [2.24, 2.45) is 4.99 Å². The van der Waals surface area contributed by atoms with Crippen LogP contribution in [0, 0.1) is 0 Å². The third kappa shape index (κ3) is 5.74. The van der Waals surface area contributed by atoms with Gasteiger partial charge < -0.3 is 0 Å². The normalized spacial score (nSPS) is 18.0. The van der Waals surface area contributed by atoms with Crippen molar-refractivity contribution in [2.75, 3.05) is 6.54 Å². The molecule has 1 fully saturated rings. The molecule has 30 heavy (non-hydrogen) atoms. The van der Waals surface area contributed by atoms with Crippen LogP contribution in [-0.4, -0.2) is 28.0 Å². The molecule has 1 aliphatic heterocycles. The summed E-state index contributed by atoms with van der Waals surface area (Å²) in [5.74, 6) is -0.0903. The molecule has 2 aromatic rings. The number of thioether (sulfide) groups is 1. The van der Waals surface area contributed by atoms with Crippen LogP contribution in [0.3, 0.4) is 0 Å². The average molecular weight is 418 g/mol. The number of rotatable bonds is 8. The second kappa shape index (κ2) is 11.2. The minimum absolute atomic E-state index is 0.0903. The number of allylic oxidation sites excluding steroid dienone is 1. The Hall–Kier alpha value is -3.05. The Morgan fingerprint density at radius 3 is 2.53 bits per heavy atom. The molecule has 154 valence electrons. The number of amides is 1. The maximum atomic E-state index is 13.7. The van der Waals surface area contributed by atoms with Gasteiger partial charge in [-0.3, -0.25) is 15.2 Å². The van der Waals surface area contributed by atoms with Gasteiger partial charge in [-0.1, -0.05) is 104 Å². The minimum Gasteiger partial charge on any atom is -0.272 e. The maximum Gasteiger partial charge on any atom is 0.274 e. The molecule has 1 amide bonds. The Morgan fingerprint density at radius 2 is 1.87 bits per heavy atom. The third-order valence-electron chi connectivity index (χ3n) is 4.47. The lowest BCUT2D eigenvalue weighted by Crippen LogP contribution is -2.43. The van der Waals surface area contributed by atoms with E-state index < -0.39 is 0 Å². The van der Waals surface area contributed by atoms with Gasteiger partial charge in [-0.15, -0.1) is 6.58 Å². The van der Waals surface area contributed by atoms with Gasteiger partial charge in [0.1, 0.15) is 5.37 Å². The monoisotopic (exact) mass is 417 g/mol. The number of nitrogens with one attached hydrogen (secondary N) is 1. The fraction of sp³-hybridized carbons (Fsp3) is 0.200. The van der Waals surface area contributed by atoms with Crippen LogP contribution in [0.15, 0.2) is 90.5 Å². The highest BCUT2D eigenvalue weighted by Crippen LogP contribution is 2.29. The van der Waals surface area contributed by atoms with E-state index >= 15 is 0 Å². The SMILES string of the molecule is C=CCN=C1NN(C(=O)/C(=C/c2ccccc2)c2ccccc2)C(/C=C/CCC)S1. The number of carbonyl (C=O) groups is 1. The number of hydrogen-bond acceptors (Lipinski definition) is 3. The lowest BCUT2D eigenvalue weighted by molar-refractivity contribution is -0.126.